The Kier molecular flexibility index (Phi) is 11.7. The summed E-state index contributed by atoms with van der Waals surface area (Å²) in [5.41, 5.74) is 13.2. The van der Waals surface area contributed by atoms with Gasteiger partial charge in [-0.05, 0) is 80.4 Å². The minimum atomic E-state index is -1.65. The first-order chi connectivity index (χ1) is 23.3. The van der Waals surface area contributed by atoms with Crippen LogP contribution in [0.25, 0.3) is 21.8 Å². The summed E-state index contributed by atoms with van der Waals surface area (Å²) in [5.74, 6) is -0.931. The van der Waals surface area contributed by atoms with Gasteiger partial charge in [0.1, 0.15) is 17.4 Å². The fourth-order valence-electron chi connectivity index (χ4n) is 5.41. The second kappa shape index (κ2) is 15.9. The number of methoxy groups -OCH3 is 1. The lowest BCUT2D eigenvalue weighted by molar-refractivity contribution is -0.641. The van der Waals surface area contributed by atoms with Crippen molar-refractivity contribution in [3.63, 3.8) is 0 Å². The van der Waals surface area contributed by atoms with Gasteiger partial charge in [-0.3, -0.25) is 14.6 Å². The third kappa shape index (κ3) is 9.62. The quantitative estimate of drug-likeness (QED) is 0.0356. The number of carbonyl (C=O) groups excluding carboxylic acids is 3. The number of aliphatic imine (C=N–C) groups is 1. The molecule has 4 aromatic rings. The predicted molar refractivity (Wildman–Crippen MR) is 184 cm³/mol. The van der Waals surface area contributed by atoms with Crippen molar-refractivity contribution >= 4 is 45.7 Å². The highest BCUT2D eigenvalue weighted by Crippen LogP contribution is 2.24. The van der Waals surface area contributed by atoms with E-state index in [1.54, 1.807) is 34.1 Å². The van der Waals surface area contributed by atoms with Crippen molar-refractivity contribution in [1.29, 1.82) is 0 Å². The van der Waals surface area contributed by atoms with Gasteiger partial charge in [0, 0.05) is 53.7 Å². The van der Waals surface area contributed by atoms with Gasteiger partial charge in [0.15, 0.2) is 17.0 Å². The van der Waals surface area contributed by atoms with Crippen molar-refractivity contribution < 1.29 is 28.9 Å². The van der Waals surface area contributed by atoms with Crippen molar-refractivity contribution in [3.8, 4) is 5.75 Å². The number of nitrogens with zero attached hydrogens (tertiary/aromatic N) is 3. The van der Waals surface area contributed by atoms with Crippen molar-refractivity contribution in [2.24, 2.45) is 16.5 Å². The highest BCUT2D eigenvalue weighted by Gasteiger charge is 2.42. The van der Waals surface area contributed by atoms with Gasteiger partial charge in [0.2, 0.25) is 11.8 Å². The van der Waals surface area contributed by atoms with Gasteiger partial charge in [0.05, 0.1) is 7.11 Å². The molecule has 0 aliphatic rings. The number of para-hydroxylation sites is 1. The van der Waals surface area contributed by atoms with Gasteiger partial charge >= 0.3 is 6.09 Å². The highest BCUT2D eigenvalue weighted by atomic mass is 16.7. The summed E-state index contributed by atoms with van der Waals surface area (Å²) in [6.45, 7) is 4.91. The zero-order chi connectivity index (χ0) is 35.7. The smallest absolute Gasteiger partial charge is 0.469 e. The summed E-state index contributed by atoms with van der Waals surface area (Å²) in [6.07, 6.45) is 2.70. The number of H-pyrrole nitrogens is 2. The average Bonchev–Trinajstić information content (AvgIpc) is 3.64. The lowest BCUT2D eigenvalue weighted by atomic mass is 10.0. The van der Waals surface area contributed by atoms with E-state index in [0.29, 0.717) is 12.2 Å². The number of nitrogens with one attached hydrogen (secondary N) is 4. The molecule has 3 amide bonds. The normalized spacial score (nSPS) is 12.6. The summed E-state index contributed by atoms with van der Waals surface area (Å²) < 4.78 is 10.6. The maximum atomic E-state index is 13.9. The molecule has 2 atom stereocenters. The lowest BCUT2D eigenvalue weighted by Gasteiger charge is -2.27. The Morgan fingerprint density at radius 1 is 1.02 bits per heavy atom. The van der Waals surface area contributed by atoms with E-state index in [9.17, 15) is 24.5 Å². The molecule has 4 rings (SSSR count). The Bertz CT molecular complexity index is 1820. The molecular weight excluding hydrogens is 634 g/mol. The Morgan fingerprint density at radius 3 is 2.39 bits per heavy atom. The number of rotatable bonds is 15. The van der Waals surface area contributed by atoms with E-state index in [2.05, 4.69) is 25.6 Å². The molecule has 2 aromatic carbocycles. The first kappa shape index (κ1) is 36.0. The van der Waals surface area contributed by atoms with E-state index in [-0.39, 0.29) is 43.3 Å². The molecule has 0 radical (unpaired) electrons. The minimum absolute atomic E-state index is 0.0466. The number of aromatic nitrogens is 2. The molecule has 8 N–H and O–H groups in total. The summed E-state index contributed by atoms with van der Waals surface area (Å²) in [7, 11) is 1.59. The van der Waals surface area contributed by atoms with E-state index in [1.807, 2.05) is 48.7 Å². The topological polar surface area (TPSA) is 236 Å². The zero-order valence-electron chi connectivity index (χ0n) is 27.9. The first-order valence-corrected chi connectivity index (χ1v) is 15.8. The minimum Gasteiger partial charge on any atom is -0.497 e. The molecule has 0 bridgehead atoms. The van der Waals surface area contributed by atoms with E-state index in [0.717, 1.165) is 32.9 Å². The van der Waals surface area contributed by atoms with Gasteiger partial charge in [-0.1, -0.05) is 18.2 Å². The Labute approximate surface area is 282 Å². The SMILES string of the molecule is COc1ccc2[nH]cc(CCNC(=O)[C@H](Cc3c[nH]c4ccccc34)NC(=O)[C@H](CCCN=C(N)N)N(C(=O)OC(C)(C)C)[N+](=O)[O-])c2c1. The number of nitrogens with two attached hydrogens (primary N) is 2. The second-order valence-electron chi connectivity index (χ2n) is 12.4. The zero-order valence-corrected chi connectivity index (χ0v) is 27.9. The maximum Gasteiger partial charge on any atom is 0.469 e. The molecule has 0 spiro atoms. The number of amides is 3. The molecule has 0 aliphatic carbocycles. The van der Waals surface area contributed by atoms with Crippen LogP contribution in [0.4, 0.5) is 4.79 Å². The van der Waals surface area contributed by atoms with Crippen molar-refractivity contribution in [3.05, 3.63) is 76.1 Å². The van der Waals surface area contributed by atoms with Gasteiger partial charge in [-0.15, -0.1) is 0 Å². The van der Waals surface area contributed by atoms with Gasteiger partial charge in [0.25, 0.3) is 0 Å². The third-order valence-corrected chi connectivity index (χ3v) is 7.68. The van der Waals surface area contributed by atoms with Crippen LogP contribution in [0.15, 0.2) is 59.9 Å². The molecule has 0 saturated heterocycles. The number of aromatic amines is 2. The number of hydrogen-bond donors (Lipinski definition) is 6. The number of nitro groups is 1. The number of carbonyl (C=O) groups is 3. The van der Waals surface area contributed by atoms with Crippen LogP contribution in [0.2, 0.25) is 0 Å². The predicted octanol–water partition coefficient (Wildman–Crippen LogP) is 2.90. The Balaban J connectivity index is 1.59. The second-order valence-corrected chi connectivity index (χ2v) is 12.4. The van der Waals surface area contributed by atoms with Crippen molar-refractivity contribution in [2.45, 2.75) is 64.1 Å². The van der Waals surface area contributed by atoms with Crippen LogP contribution in [0.3, 0.4) is 0 Å². The average molecular weight is 678 g/mol. The summed E-state index contributed by atoms with van der Waals surface area (Å²) >= 11 is 0. The van der Waals surface area contributed by atoms with E-state index in [4.69, 9.17) is 20.9 Å². The van der Waals surface area contributed by atoms with Crippen LogP contribution in [-0.2, 0) is 27.2 Å². The van der Waals surface area contributed by atoms with Crippen molar-refractivity contribution in [1.82, 2.24) is 25.6 Å². The Hall–Kier alpha value is -5.80. The molecule has 0 unspecified atom stereocenters. The number of benzene rings is 2. The van der Waals surface area contributed by atoms with Crippen LogP contribution >= 0.6 is 0 Å². The molecule has 262 valence electrons. The number of fused-ring (bicyclic) bond motifs is 2. The highest BCUT2D eigenvalue weighted by molar-refractivity contribution is 5.92. The molecule has 0 aliphatic heterocycles. The molecule has 0 saturated carbocycles. The van der Waals surface area contributed by atoms with Gasteiger partial charge < -0.3 is 41.5 Å². The molecular formula is C33H43N9O7. The number of ether oxygens (including phenoxy) is 2. The van der Waals surface area contributed by atoms with Crippen molar-refractivity contribution in [2.75, 3.05) is 20.2 Å². The van der Waals surface area contributed by atoms with Crippen LogP contribution < -0.4 is 26.8 Å². The summed E-state index contributed by atoms with van der Waals surface area (Å²) in [5, 5.41) is 18.7. The molecule has 49 heavy (non-hydrogen) atoms. The first-order valence-electron chi connectivity index (χ1n) is 15.8. The third-order valence-electron chi connectivity index (χ3n) is 7.68. The van der Waals surface area contributed by atoms with E-state index >= 15 is 0 Å². The standard InChI is InChI=1S/C33H43N9O7/c1-33(2,3)49-32(45)41(42(46)47)28(10-7-14-37-31(34)35)30(44)40-27(16-21-19-39-25-9-6-5-8-23(21)25)29(43)36-15-13-20-18-38-26-12-11-22(48-4)17-24(20)26/h5-6,8-9,11-12,17-19,27-28,38-39H,7,10,13-16H2,1-4H3,(H,36,43)(H,40,44)(H4,34,35,37)/t27-,28-/m0/s1. The Morgan fingerprint density at radius 2 is 1.71 bits per heavy atom. The molecule has 16 nitrogen and oxygen atoms in total. The van der Waals surface area contributed by atoms with Crippen LogP contribution in [0.1, 0.15) is 44.7 Å². The van der Waals surface area contributed by atoms with Gasteiger partial charge in [-0.25, -0.2) is 14.9 Å². The van der Waals surface area contributed by atoms with Crippen LogP contribution in [0.5, 0.6) is 5.75 Å². The molecule has 2 heterocycles. The summed E-state index contributed by atoms with van der Waals surface area (Å²) in [6, 6.07) is 10.3. The van der Waals surface area contributed by atoms with E-state index < -0.39 is 40.6 Å². The lowest BCUT2D eigenvalue weighted by Crippen LogP contribution is -2.57. The molecule has 16 heteroatoms. The van der Waals surface area contributed by atoms with Crippen LogP contribution in [0, 0.1) is 10.1 Å². The largest absolute Gasteiger partial charge is 0.497 e. The maximum absolute atomic E-state index is 13.9. The fraction of sp³-hybridized carbons (Fsp3) is 0.394. The fourth-order valence-corrected chi connectivity index (χ4v) is 5.41. The molecule has 2 aromatic heterocycles. The number of guanidine groups is 1. The van der Waals surface area contributed by atoms with Crippen LogP contribution in [-0.4, -0.2) is 81.8 Å². The van der Waals surface area contributed by atoms with E-state index in [1.165, 1.54) is 0 Å². The summed E-state index contributed by atoms with van der Waals surface area (Å²) in [4.78, 5) is 63.1. The monoisotopic (exact) mass is 677 g/mol. The number of hydrazine groups is 1. The number of hydrogen-bond acceptors (Lipinski definition) is 8. The molecule has 0 fully saturated rings. The van der Waals surface area contributed by atoms with Gasteiger partial charge in [-0.2, -0.15) is 0 Å².